The van der Waals surface area contributed by atoms with E-state index in [1.807, 2.05) is 152 Å². The standard InChI is InChI=1S/C45H37N5O5S2/c1-49-45(47-40(51)41(48-49)54-38(31-19-9-3-10-20-31)32-21-11-4-12-22-32)57-29-35-28-56-43-36(46-27-30-17-7-2-8-18-30)42(52)50(43)37(35)44(53)55-39(33-23-13-5-14-24-33)34-25-15-6-16-26-34/h2-27,36,38-39,43H,28-29H2,1H3/t36-,43-/m1/s1. The molecule has 8 rings (SSSR count). The van der Waals surface area contributed by atoms with Gasteiger partial charge in [0.1, 0.15) is 11.1 Å². The molecule has 1 fully saturated rings. The summed E-state index contributed by atoms with van der Waals surface area (Å²) in [6, 6.07) is 47.2. The molecule has 0 bridgehead atoms. The number of carbonyl (C=O) groups is 2. The van der Waals surface area contributed by atoms with Crippen molar-refractivity contribution in [2.24, 2.45) is 12.0 Å². The lowest BCUT2D eigenvalue weighted by Gasteiger charge is -2.48. The predicted octanol–water partition coefficient (Wildman–Crippen LogP) is 7.43. The van der Waals surface area contributed by atoms with Crippen molar-refractivity contribution in [2.45, 2.75) is 28.8 Å². The molecule has 2 aliphatic rings. The monoisotopic (exact) mass is 791 g/mol. The van der Waals surface area contributed by atoms with E-state index in [0.29, 0.717) is 16.5 Å². The molecule has 2 atom stereocenters. The van der Waals surface area contributed by atoms with Gasteiger partial charge in [0, 0.05) is 24.8 Å². The summed E-state index contributed by atoms with van der Waals surface area (Å²) >= 11 is 2.78. The SMILES string of the molecule is Cn1nc(OC(c2ccccc2)c2ccccc2)c(=O)nc1SCC1=C(C(=O)OC(c2ccccc2)c2ccccc2)N2C(=O)[C@@H](N=Cc3ccccc3)[C@H]2SC1. The maximum atomic E-state index is 14.5. The molecule has 0 radical (unpaired) electrons. The number of aromatic nitrogens is 3. The molecule has 0 saturated carbocycles. The second-order valence-electron chi connectivity index (χ2n) is 13.3. The molecule has 6 aromatic rings. The topological polar surface area (TPSA) is 116 Å². The van der Waals surface area contributed by atoms with Crippen molar-refractivity contribution < 1.29 is 19.1 Å². The van der Waals surface area contributed by atoms with Gasteiger partial charge in [-0.1, -0.05) is 163 Å². The summed E-state index contributed by atoms with van der Waals surface area (Å²) in [6.07, 6.45) is 0.403. The van der Waals surface area contributed by atoms with E-state index in [0.717, 1.165) is 27.8 Å². The van der Waals surface area contributed by atoms with E-state index in [4.69, 9.17) is 9.47 Å². The Morgan fingerprint density at radius 1 is 0.789 bits per heavy atom. The number of β-lactam (4-membered cyclic amide) rings is 1. The molecule has 284 valence electrons. The average Bonchev–Trinajstić information content (AvgIpc) is 3.26. The highest BCUT2D eigenvalue weighted by molar-refractivity contribution is 8.01. The number of aryl methyl sites for hydroxylation is 1. The normalized spacial score (nSPS) is 16.5. The van der Waals surface area contributed by atoms with Gasteiger partial charge in [0.25, 0.3) is 5.91 Å². The minimum atomic E-state index is -0.715. The first-order valence-corrected chi connectivity index (χ1v) is 20.4. The number of thioether (sulfide) groups is 2. The third-order valence-corrected chi connectivity index (χ3v) is 12.0. The van der Waals surface area contributed by atoms with Crippen molar-refractivity contribution in [3.8, 4) is 5.88 Å². The first kappa shape index (κ1) is 37.7. The zero-order chi connectivity index (χ0) is 39.1. The van der Waals surface area contributed by atoms with Crippen LogP contribution >= 0.6 is 23.5 Å². The van der Waals surface area contributed by atoms with Crippen LogP contribution in [0, 0.1) is 0 Å². The van der Waals surface area contributed by atoms with Crippen LogP contribution < -0.4 is 10.3 Å². The molecule has 0 spiro atoms. The van der Waals surface area contributed by atoms with E-state index in [2.05, 4.69) is 15.1 Å². The molecule has 57 heavy (non-hydrogen) atoms. The fourth-order valence-corrected chi connectivity index (χ4v) is 9.08. The fourth-order valence-electron chi connectivity index (χ4n) is 6.70. The molecular weight excluding hydrogens is 755 g/mol. The van der Waals surface area contributed by atoms with Crippen LogP contribution in [0.2, 0.25) is 0 Å². The maximum absolute atomic E-state index is 14.5. The lowest BCUT2D eigenvalue weighted by molar-refractivity contribution is -0.153. The van der Waals surface area contributed by atoms with Gasteiger partial charge in [0.15, 0.2) is 23.4 Å². The van der Waals surface area contributed by atoms with Crippen molar-refractivity contribution in [2.75, 3.05) is 11.5 Å². The van der Waals surface area contributed by atoms with Gasteiger partial charge in [0.2, 0.25) is 0 Å². The number of esters is 1. The molecule has 3 heterocycles. The van der Waals surface area contributed by atoms with Gasteiger partial charge in [-0.2, -0.15) is 4.98 Å². The number of amides is 1. The Balaban J connectivity index is 1.08. The van der Waals surface area contributed by atoms with Crippen LogP contribution in [0.25, 0.3) is 0 Å². The van der Waals surface area contributed by atoms with Crippen LogP contribution in [0.3, 0.4) is 0 Å². The summed E-state index contributed by atoms with van der Waals surface area (Å²) < 4.78 is 14.1. The lowest BCUT2D eigenvalue weighted by Crippen LogP contribution is -2.64. The zero-order valence-corrected chi connectivity index (χ0v) is 32.5. The number of aliphatic imine (C=N–C) groups is 1. The summed E-state index contributed by atoms with van der Waals surface area (Å²) in [4.78, 5) is 52.3. The van der Waals surface area contributed by atoms with Gasteiger partial charge in [-0.05, 0) is 33.4 Å². The van der Waals surface area contributed by atoms with Crippen LogP contribution in [-0.4, -0.2) is 60.7 Å². The van der Waals surface area contributed by atoms with E-state index in [1.54, 1.807) is 13.3 Å². The second kappa shape index (κ2) is 17.3. The molecule has 2 aliphatic heterocycles. The number of rotatable bonds is 13. The minimum absolute atomic E-state index is 0.139. The molecule has 0 unspecified atom stereocenters. The third-order valence-electron chi connectivity index (χ3n) is 9.53. The van der Waals surface area contributed by atoms with Gasteiger partial charge >= 0.3 is 17.4 Å². The molecule has 5 aromatic carbocycles. The number of nitrogens with zero attached hydrogens (tertiary/aromatic N) is 5. The molecule has 1 aromatic heterocycles. The Bertz CT molecular complexity index is 2390. The number of hydrogen-bond acceptors (Lipinski definition) is 10. The number of benzene rings is 5. The summed E-state index contributed by atoms with van der Waals surface area (Å²) in [5, 5.41) is 4.43. The van der Waals surface area contributed by atoms with E-state index < -0.39 is 29.8 Å². The average molecular weight is 792 g/mol. The Labute approximate surface area is 338 Å². The molecule has 12 heteroatoms. The van der Waals surface area contributed by atoms with Crippen molar-refractivity contribution in [1.29, 1.82) is 0 Å². The second-order valence-corrected chi connectivity index (χ2v) is 15.4. The largest absolute Gasteiger partial charge is 0.460 e. The highest BCUT2D eigenvalue weighted by atomic mass is 32.2. The van der Waals surface area contributed by atoms with Gasteiger partial charge in [0.05, 0.1) is 0 Å². The van der Waals surface area contributed by atoms with Crippen LogP contribution in [0.1, 0.15) is 40.0 Å². The first-order chi connectivity index (χ1) is 27.9. The van der Waals surface area contributed by atoms with Crippen molar-refractivity contribution >= 4 is 41.6 Å². The summed E-state index contributed by atoms with van der Waals surface area (Å²) in [7, 11) is 1.69. The van der Waals surface area contributed by atoms with E-state index >= 15 is 0 Å². The maximum Gasteiger partial charge on any atom is 0.356 e. The van der Waals surface area contributed by atoms with E-state index in [1.165, 1.54) is 33.1 Å². The highest BCUT2D eigenvalue weighted by Crippen LogP contribution is 2.44. The molecule has 0 aliphatic carbocycles. The molecule has 1 amide bonds. The van der Waals surface area contributed by atoms with Crippen LogP contribution in [0.15, 0.2) is 178 Å². The number of fused-ring (bicyclic) bond motifs is 1. The molecular formula is C45H37N5O5S2. The molecule has 10 nitrogen and oxygen atoms in total. The smallest absolute Gasteiger partial charge is 0.356 e. The van der Waals surface area contributed by atoms with E-state index in [9.17, 15) is 14.4 Å². The Kier molecular flexibility index (Phi) is 11.4. The molecule has 0 N–H and O–H groups in total. The zero-order valence-electron chi connectivity index (χ0n) is 30.8. The fraction of sp³-hybridized carbons (Fsp3) is 0.156. The predicted molar refractivity (Wildman–Crippen MR) is 222 cm³/mol. The number of hydrogen-bond donors (Lipinski definition) is 0. The summed E-state index contributed by atoms with van der Waals surface area (Å²) in [6.45, 7) is 0. The summed E-state index contributed by atoms with van der Waals surface area (Å²) in [5.41, 5.74) is 4.43. The van der Waals surface area contributed by atoms with Crippen LogP contribution in [0.5, 0.6) is 5.88 Å². The number of ether oxygens (including phenoxy) is 2. The van der Waals surface area contributed by atoms with E-state index in [-0.39, 0.29) is 28.6 Å². The first-order valence-electron chi connectivity index (χ1n) is 18.3. The minimum Gasteiger partial charge on any atom is -0.460 e. The third kappa shape index (κ3) is 8.33. The Morgan fingerprint density at radius 3 is 1.84 bits per heavy atom. The van der Waals surface area contributed by atoms with Gasteiger partial charge in [-0.3, -0.25) is 19.5 Å². The molecule has 1 saturated heterocycles. The Morgan fingerprint density at radius 2 is 1.30 bits per heavy atom. The summed E-state index contributed by atoms with van der Waals surface area (Å²) in [5.74, 6) is -0.371. The van der Waals surface area contributed by atoms with Crippen molar-refractivity contribution in [3.63, 3.8) is 0 Å². The van der Waals surface area contributed by atoms with Gasteiger partial charge in [-0.25, -0.2) is 9.48 Å². The number of carbonyl (C=O) groups excluding carboxylic acids is 2. The Hall–Kier alpha value is -6.24. The van der Waals surface area contributed by atoms with Crippen LogP contribution in [-0.2, 0) is 21.4 Å². The van der Waals surface area contributed by atoms with Gasteiger partial charge < -0.3 is 9.47 Å². The van der Waals surface area contributed by atoms with Crippen molar-refractivity contribution in [3.05, 3.63) is 201 Å². The van der Waals surface area contributed by atoms with Crippen LogP contribution in [0.4, 0.5) is 0 Å². The lowest BCUT2D eigenvalue weighted by atomic mass is 10.0. The van der Waals surface area contributed by atoms with Crippen molar-refractivity contribution in [1.82, 2.24) is 19.7 Å². The van der Waals surface area contributed by atoms with Gasteiger partial charge in [-0.15, -0.1) is 16.9 Å². The quantitative estimate of drug-likeness (QED) is 0.0510. The highest BCUT2D eigenvalue weighted by Gasteiger charge is 2.54.